The van der Waals surface area contributed by atoms with Gasteiger partial charge in [-0.1, -0.05) is 34.6 Å². The van der Waals surface area contributed by atoms with E-state index in [0.29, 0.717) is 13.0 Å². The Bertz CT molecular complexity index is 317. The minimum Gasteiger partial charge on any atom is -0.393 e. The van der Waals surface area contributed by atoms with Crippen molar-refractivity contribution >= 4 is 11.8 Å². The average Bonchev–Trinajstić information content (AvgIpc) is 2.19. The van der Waals surface area contributed by atoms with E-state index in [2.05, 4.69) is 10.6 Å². The van der Waals surface area contributed by atoms with Crippen LogP contribution >= 0.6 is 0 Å². The number of amides is 2. The number of aliphatic hydroxyl groups is 1. The summed E-state index contributed by atoms with van der Waals surface area (Å²) in [5.74, 6) is -0.359. The normalized spacial score (nSPS) is 13.8. The third-order valence-electron chi connectivity index (χ3n) is 2.70. The minimum absolute atomic E-state index is 0.0130. The topological polar surface area (TPSA) is 78.4 Å². The molecule has 0 aromatic carbocycles. The molecule has 0 aromatic heterocycles. The first-order valence-electron chi connectivity index (χ1n) is 6.67. The summed E-state index contributed by atoms with van der Waals surface area (Å²) in [6, 6.07) is 0. The molecule has 0 aliphatic rings. The summed E-state index contributed by atoms with van der Waals surface area (Å²) in [6.07, 6.45) is 0.217. The maximum atomic E-state index is 11.6. The zero-order valence-corrected chi connectivity index (χ0v) is 13.0. The highest BCUT2D eigenvalue weighted by Gasteiger charge is 2.23. The van der Waals surface area contributed by atoms with Crippen LogP contribution in [0.2, 0.25) is 0 Å². The molecule has 19 heavy (non-hydrogen) atoms. The zero-order chi connectivity index (χ0) is 15.3. The first-order chi connectivity index (χ1) is 8.44. The standard InChI is InChI=1S/C14H28N2O3/c1-10(17)7-14(5,6)9-16-11(18)8-15-12(19)13(2,3)4/h10,17H,7-9H2,1-6H3,(H,15,19)(H,16,18). The highest BCUT2D eigenvalue weighted by Crippen LogP contribution is 2.20. The van der Waals surface area contributed by atoms with Crippen LogP contribution in [0, 0.1) is 10.8 Å². The van der Waals surface area contributed by atoms with Crippen molar-refractivity contribution in [2.75, 3.05) is 13.1 Å². The molecule has 0 heterocycles. The second-order valence-electron chi connectivity index (χ2n) is 6.93. The third-order valence-corrected chi connectivity index (χ3v) is 2.70. The molecule has 0 rings (SSSR count). The maximum absolute atomic E-state index is 11.6. The van der Waals surface area contributed by atoms with E-state index in [-0.39, 0.29) is 23.8 Å². The van der Waals surface area contributed by atoms with Crippen LogP contribution in [0.5, 0.6) is 0 Å². The summed E-state index contributed by atoms with van der Waals surface area (Å²) < 4.78 is 0. The second-order valence-corrected chi connectivity index (χ2v) is 6.93. The lowest BCUT2D eigenvalue weighted by atomic mass is 9.87. The summed E-state index contributed by atoms with van der Waals surface area (Å²) >= 11 is 0. The second kappa shape index (κ2) is 6.89. The van der Waals surface area contributed by atoms with E-state index in [9.17, 15) is 14.7 Å². The predicted octanol–water partition coefficient (Wildman–Crippen LogP) is 1.06. The first-order valence-corrected chi connectivity index (χ1v) is 6.67. The number of hydrogen-bond donors (Lipinski definition) is 3. The highest BCUT2D eigenvalue weighted by atomic mass is 16.3. The van der Waals surface area contributed by atoms with Crippen molar-refractivity contribution in [2.24, 2.45) is 10.8 Å². The van der Waals surface area contributed by atoms with Gasteiger partial charge in [0.25, 0.3) is 0 Å². The monoisotopic (exact) mass is 272 g/mol. The number of carbonyl (C=O) groups is 2. The molecule has 0 aromatic rings. The molecule has 5 heteroatoms. The quantitative estimate of drug-likeness (QED) is 0.676. The molecule has 2 amide bonds. The van der Waals surface area contributed by atoms with Gasteiger partial charge in [-0.3, -0.25) is 9.59 Å². The van der Waals surface area contributed by atoms with Crippen molar-refractivity contribution in [1.82, 2.24) is 10.6 Å². The molecule has 0 aliphatic heterocycles. The number of nitrogens with one attached hydrogen (secondary N) is 2. The van der Waals surface area contributed by atoms with Crippen molar-refractivity contribution in [3.8, 4) is 0 Å². The number of rotatable bonds is 6. The van der Waals surface area contributed by atoms with Crippen LogP contribution in [0.1, 0.15) is 48.0 Å². The van der Waals surface area contributed by atoms with Gasteiger partial charge in [-0.2, -0.15) is 0 Å². The van der Waals surface area contributed by atoms with Crippen molar-refractivity contribution in [2.45, 2.75) is 54.1 Å². The number of carbonyl (C=O) groups excluding carboxylic acids is 2. The Hall–Kier alpha value is -1.10. The van der Waals surface area contributed by atoms with E-state index in [1.165, 1.54) is 0 Å². The van der Waals surface area contributed by atoms with Gasteiger partial charge in [0.15, 0.2) is 0 Å². The highest BCUT2D eigenvalue weighted by molar-refractivity contribution is 5.87. The number of aliphatic hydroxyl groups excluding tert-OH is 1. The van der Waals surface area contributed by atoms with Crippen molar-refractivity contribution < 1.29 is 14.7 Å². The molecule has 1 atom stereocenters. The Morgan fingerprint density at radius 2 is 1.63 bits per heavy atom. The Morgan fingerprint density at radius 3 is 2.05 bits per heavy atom. The maximum Gasteiger partial charge on any atom is 0.239 e. The minimum atomic E-state index is -0.494. The Morgan fingerprint density at radius 1 is 1.11 bits per heavy atom. The summed E-state index contributed by atoms with van der Waals surface area (Å²) in [4.78, 5) is 23.2. The molecule has 0 bridgehead atoms. The van der Waals surface area contributed by atoms with Gasteiger partial charge >= 0.3 is 0 Å². The van der Waals surface area contributed by atoms with Gasteiger partial charge in [0.1, 0.15) is 0 Å². The van der Waals surface area contributed by atoms with Gasteiger partial charge in [0.05, 0.1) is 12.6 Å². The number of hydrogen-bond acceptors (Lipinski definition) is 3. The molecule has 1 unspecified atom stereocenters. The van der Waals surface area contributed by atoms with Crippen LogP contribution in [-0.2, 0) is 9.59 Å². The van der Waals surface area contributed by atoms with Crippen LogP contribution in [0.3, 0.4) is 0 Å². The van der Waals surface area contributed by atoms with E-state index < -0.39 is 11.5 Å². The first kappa shape index (κ1) is 17.9. The lowest BCUT2D eigenvalue weighted by Gasteiger charge is -2.26. The molecule has 0 aliphatic carbocycles. The van der Waals surface area contributed by atoms with E-state index >= 15 is 0 Å². The smallest absolute Gasteiger partial charge is 0.239 e. The molecular weight excluding hydrogens is 244 g/mol. The Balaban J connectivity index is 4.04. The lowest BCUT2D eigenvalue weighted by molar-refractivity contribution is -0.131. The van der Waals surface area contributed by atoms with Gasteiger partial charge in [0, 0.05) is 12.0 Å². The van der Waals surface area contributed by atoms with Gasteiger partial charge in [0.2, 0.25) is 11.8 Å². The summed E-state index contributed by atoms with van der Waals surface area (Å²) in [6.45, 7) is 11.5. The fourth-order valence-electron chi connectivity index (χ4n) is 1.70. The van der Waals surface area contributed by atoms with Crippen LogP contribution in [0.15, 0.2) is 0 Å². The van der Waals surface area contributed by atoms with Gasteiger partial charge in [-0.05, 0) is 18.8 Å². The lowest BCUT2D eigenvalue weighted by Crippen LogP contribution is -2.44. The van der Waals surface area contributed by atoms with Gasteiger partial charge < -0.3 is 15.7 Å². The van der Waals surface area contributed by atoms with Gasteiger partial charge in [-0.25, -0.2) is 0 Å². The van der Waals surface area contributed by atoms with Crippen LogP contribution in [-0.4, -0.2) is 36.1 Å². The molecule has 5 nitrogen and oxygen atoms in total. The van der Waals surface area contributed by atoms with Gasteiger partial charge in [-0.15, -0.1) is 0 Å². The third kappa shape index (κ3) is 8.59. The van der Waals surface area contributed by atoms with E-state index in [1.54, 1.807) is 27.7 Å². The van der Waals surface area contributed by atoms with Crippen LogP contribution < -0.4 is 10.6 Å². The van der Waals surface area contributed by atoms with E-state index in [1.807, 2.05) is 13.8 Å². The molecule has 112 valence electrons. The summed E-state index contributed by atoms with van der Waals surface area (Å²) in [5.41, 5.74) is -0.663. The van der Waals surface area contributed by atoms with Crippen LogP contribution in [0.25, 0.3) is 0 Å². The Kier molecular flexibility index (Phi) is 6.49. The molecule has 0 spiro atoms. The molecule has 0 saturated carbocycles. The molecule has 3 N–H and O–H groups in total. The fourth-order valence-corrected chi connectivity index (χ4v) is 1.70. The molecule has 0 radical (unpaired) electrons. The summed E-state index contributed by atoms with van der Waals surface area (Å²) in [5, 5.41) is 14.7. The predicted molar refractivity (Wildman–Crippen MR) is 75.6 cm³/mol. The fraction of sp³-hybridized carbons (Fsp3) is 0.857. The molecule has 0 fully saturated rings. The summed E-state index contributed by atoms with van der Waals surface area (Å²) in [7, 11) is 0. The van der Waals surface area contributed by atoms with Crippen molar-refractivity contribution in [1.29, 1.82) is 0 Å². The van der Waals surface area contributed by atoms with Crippen molar-refractivity contribution in [3.05, 3.63) is 0 Å². The largest absolute Gasteiger partial charge is 0.393 e. The van der Waals surface area contributed by atoms with Crippen molar-refractivity contribution in [3.63, 3.8) is 0 Å². The SMILES string of the molecule is CC(O)CC(C)(C)CNC(=O)CNC(=O)C(C)(C)C. The van der Waals surface area contributed by atoms with E-state index in [0.717, 1.165) is 0 Å². The van der Waals surface area contributed by atoms with E-state index in [4.69, 9.17) is 0 Å². The Labute approximate surface area is 116 Å². The molecular formula is C14H28N2O3. The van der Waals surface area contributed by atoms with Crippen LogP contribution in [0.4, 0.5) is 0 Å². The average molecular weight is 272 g/mol. The zero-order valence-electron chi connectivity index (χ0n) is 13.0. The molecule has 0 saturated heterocycles.